The van der Waals surface area contributed by atoms with Gasteiger partial charge in [0.05, 0.1) is 22.5 Å². The highest BCUT2D eigenvalue weighted by Crippen LogP contribution is 2.31. The normalized spacial score (nSPS) is 15.6. The number of carbonyl (C=O) groups excluding carboxylic acids is 3. The average Bonchev–Trinajstić information content (AvgIpc) is 2.82. The molecule has 8 nitrogen and oxygen atoms in total. The highest BCUT2D eigenvalue weighted by atomic mass is 16.2. The smallest absolute Gasteiger partial charge is 0.262 e. The van der Waals surface area contributed by atoms with Crippen molar-refractivity contribution < 1.29 is 14.4 Å². The van der Waals surface area contributed by atoms with Gasteiger partial charge in [0.2, 0.25) is 5.91 Å². The minimum atomic E-state index is -0.644. The van der Waals surface area contributed by atoms with E-state index in [2.05, 4.69) is 10.6 Å². The molecule has 0 saturated carbocycles. The van der Waals surface area contributed by atoms with E-state index < -0.39 is 17.4 Å². The number of nitrogens with two attached hydrogens (primary N) is 1. The molecule has 0 bridgehead atoms. The van der Waals surface area contributed by atoms with Crippen LogP contribution in [0.25, 0.3) is 5.69 Å². The monoisotopic (exact) mass is 324 g/mol. The number of rotatable bonds is 1. The van der Waals surface area contributed by atoms with Gasteiger partial charge in [-0.25, -0.2) is 0 Å². The number of pyridine rings is 1. The molecule has 3 heterocycles. The number of nitrogens with zero attached hydrogens (tertiary/aromatic N) is 1. The first kappa shape index (κ1) is 14.2. The number of imide groups is 1. The summed E-state index contributed by atoms with van der Waals surface area (Å²) in [6, 6.07) is 6.30. The third-order valence-corrected chi connectivity index (χ3v) is 4.21. The van der Waals surface area contributed by atoms with Crippen LogP contribution in [-0.4, -0.2) is 22.3 Å². The predicted octanol–water partition coefficient (Wildman–Crippen LogP) is 0.188. The summed E-state index contributed by atoms with van der Waals surface area (Å²) in [5, 5.41) is 4.87. The van der Waals surface area contributed by atoms with E-state index in [1.807, 2.05) is 6.07 Å². The summed E-state index contributed by atoms with van der Waals surface area (Å²) < 4.78 is 1.14. The second-order valence-corrected chi connectivity index (χ2v) is 5.63. The number of benzene rings is 1. The third-order valence-electron chi connectivity index (χ3n) is 4.21. The number of carbonyl (C=O) groups is 3. The second-order valence-electron chi connectivity index (χ2n) is 5.63. The molecule has 0 aliphatic carbocycles. The lowest BCUT2D eigenvalue weighted by Gasteiger charge is -2.22. The molecule has 2 aliphatic rings. The van der Waals surface area contributed by atoms with Gasteiger partial charge >= 0.3 is 0 Å². The molecular formula is C16H12N4O4. The van der Waals surface area contributed by atoms with Gasteiger partial charge < -0.3 is 11.1 Å². The van der Waals surface area contributed by atoms with Crippen LogP contribution in [0.15, 0.2) is 29.1 Å². The standard InChI is InChI=1S/C16H12N4O4/c17-14-12-8(15(23)19-16(12)24)6-11(22)20(14)9-3-1-2-7-4-5-10(21)18-13(7)9/h1-3,6H,4-5,17H2,(H,18,21)(H,19,23,24). The quantitative estimate of drug-likeness (QED) is 0.646. The van der Waals surface area contributed by atoms with Crippen molar-refractivity contribution in [3.05, 3.63) is 51.3 Å². The van der Waals surface area contributed by atoms with Crippen LogP contribution >= 0.6 is 0 Å². The molecule has 1 aromatic heterocycles. The zero-order valence-electron chi connectivity index (χ0n) is 12.4. The van der Waals surface area contributed by atoms with E-state index in [1.165, 1.54) is 0 Å². The van der Waals surface area contributed by atoms with E-state index in [4.69, 9.17) is 5.73 Å². The molecule has 0 spiro atoms. The second kappa shape index (κ2) is 4.79. The Balaban J connectivity index is 2.02. The molecule has 0 atom stereocenters. The number of nitrogen functional groups attached to an aromatic ring is 1. The van der Waals surface area contributed by atoms with Crippen LogP contribution in [0, 0.1) is 0 Å². The average molecular weight is 324 g/mol. The van der Waals surface area contributed by atoms with Crippen LogP contribution in [0.4, 0.5) is 11.5 Å². The summed E-state index contributed by atoms with van der Waals surface area (Å²) in [5.41, 5.74) is 7.15. The summed E-state index contributed by atoms with van der Waals surface area (Å²) in [6.45, 7) is 0. The number of anilines is 2. The molecule has 0 unspecified atom stereocenters. The Kier molecular flexibility index (Phi) is 2.83. The van der Waals surface area contributed by atoms with E-state index in [1.54, 1.807) is 12.1 Å². The van der Waals surface area contributed by atoms with Crippen molar-refractivity contribution in [3.63, 3.8) is 0 Å². The fraction of sp³-hybridized carbons (Fsp3) is 0.125. The predicted molar refractivity (Wildman–Crippen MR) is 85.2 cm³/mol. The molecule has 1 aromatic carbocycles. The zero-order valence-corrected chi connectivity index (χ0v) is 12.4. The van der Waals surface area contributed by atoms with Crippen LogP contribution in [-0.2, 0) is 11.2 Å². The lowest BCUT2D eigenvalue weighted by molar-refractivity contribution is -0.116. The fourth-order valence-corrected chi connectivity index (χ4v) is 3.10. The fourth-order valence-electron chi connectivity index (χ4n) is 3.10. The highest BCUT2D eigenvalue weighted by molar-refractivity contribution is 6.23. The van der Waals surface area contributed by atoms with Crippen LogP contribution in [0.1, 0.15) is 32.7 Å². The van der Waals surface area contributed by atoms with Crippen molar-refractivity contribution in [1.29, 1.82) is 0 Å². The van der Waals surface area contributed by atoms with E-state index in [-0.39, 0.29) is 22.9 Å². The van der Waals surface area contributed by atoms with E-state index in [0.717, 1.165) is 16.2 Å². The number of hydrogen-bond acceptors (Lipinski definition) is 5. The first-order valence-electron chi connectivity index (χ1n) is 7.30. The van der Waals surface area contributed by atoms with Gasteiger partial charge in [-0.3, -0.25) is 29.1 Å². The first-order chi connectivity index (χ1) is 11.5. The van der Waals surface area contributed by atoms with Crippen molar-refractivity contribution >= 4 is 29.2 Å². The van der Waals surface area contributed by atoms with Crippen molar-refractivity contribution in [3.8, 4) is 5.69 Å². The van der Waals surface area contributed by atoms with Gasteiger partial charge in [-0.15, -0.1) is 0 Å². The minimum absolute atomic E-state index is 0.0284. The molecular weight excluding hydrogens is 312 g/mol. The van der Waals surface area contributed by atoms with Gasteiger partial charge in [0, 0.05) is 12.5 Å². The van der Waals surface area contributed by atoms with E-state index in [0.29, 0.717) is 24.2 Å². The summed E-state index contributed by atoms with van der Waals surface area (Å²) in [4.78, 5) is 47.9. The van der Waals surface area contributed by atoms with Crippen LogP contribution in [0.3, 0.4) is 0 Å². The molecule has 8 heteroatoms. The molecule has 0 fully saturated rings. The van der Waals surface area contributed by atoms with Crippen molar-refractivity contribution in [2.45, 2.75) is 12.8 Å². The maximum Gasteiger partial charge on any atom is 0.262 e. The number of para-hydroxylation sites is 1. The molecule has 4 N–H and O–H groups in total. The number of aromatic nitrogens is 1. The Morgan fingerprint density at radius 1 is 1.00 bits per heavy atom. The van der Waals surface area contributed by atoms with Gasteiger partial charge in [0.1, 0.15) is 5.82 Å². The van der Waals surface area contributed by atoms with Crippen molar-refractivity contribution in [1.82, 2.24) is 9.88 Å². The Labute approximate surface area is 135 Å². The topological polar surface area (TPSA) is 123 Å². The molecule has 0 radical (unpaired) electrons. The third kappa shape index (κ3) is 1.86. The number of amides is 3. The number of nitrogens with one attached hydrogen (secondary N) is 2. The minimum Gasteiger partial charge on any atom is -0.384 e. The Morgan fingerprint density at radius 3 is 2.58 bits per heavy atom. The molecule has 120 valence electrons. The first-order valence-corrected chi connectivity index (χ1v) is 7.30. The van der Waals surface area contributed by atoms with E-state index >= 15 is 0 Å². The van der Waals surface area contributed by atoms with Crippen LogP contribution in [0.5, 0.6) is 0 Å². The maximum atomic E-state index is 12.5. The summed E-state index contributed by atoms with van der Waals surface area (Å²) >= 11 is 0. The van der Waals surface area contributed by atoms with Gasteiger partial charge in [-0.1, -0.05) is 12.1 Å². The lowest BCUT2D eigenvalue weighted by Crippen LogP contribution is -2.27. The number of aryl methyl sites for hydroxylation is 1. The SMILES string of the molecule is Nc1c2c(cc(=O)n1-c1cccc3c1NC(=O)CC3)C(=O)NC2=O. The van der Waals surface area contributed by atoms with Gasteiger partial charge in [-0.2, -0.15) is 0 Å². The van der Waals surface area contributed by atoms with Crippen molar-refractivity contribution in [2.24, 2.45) is 0 Å². The maximum absolute atomic E-state index is 12.5. The van der Waals surface area contributed by atoms with Crippen LogP contribution < -0.4 is 21.9 Å². The number of fused-ring (bicyclic) bond motifs is 2. The molecule has 2 aliphatic heterocycles. The molecule has 2 aromatic rings. The Hall–Kier alpha value is -3.42. The lowest BCUT2D eigenvalue weighted by atomic mass is 10.0. The van der Waals surface area contributed by atoms with Gasteiger partial charge in [0.25, 0.3) is 17.4 Å². The molecule has 4 rings (SSSR count). The highest BCUT2D eigenvalue weighted by Gasteiger charge is 2.32. The zero-order chi connectivity index (χ0) is 17.0. The van der Waals surface area contributed by atoms with Gasteiger partial charge in [-0.05, 0) is 18.1 Å². The molecule has 24 heavy (non-hydrogen) atoms. The Morgan fingerprint density at radius 2 is 1.79 bits per heavy atom. The summed E-state index contributed by atoms with van der Waals surface area (Å²) in [7, 11) is 0. The Bertz CT molecular complexity index is 1010. The molecule has 0 saturated heterocycles. The molecule has 3 amide bonds. The van der Waals surface area contributed by atoms with E-state index in [9.17, 15) is 19.2 Å². The largest absolute Gasteiger partial charge is 0.384 e. The van der Waals surface area contributed by atoms with Gasteiger partial charge in [0.15, 0.2) is 0 Å². The van der Waals surface area contributed by atoms with Crippen LogP contribution in [0.2, 0.25) is 0 Å². The van der Waals surface area contributed by atoms with Crippen molar-refractivity contribution in [2.75, 3.05) is 11.1 Å². The summed E-state index contributed by atoms with van der Waals surface area (Å²) in [6.07, 6.45) is 0.912. The number of hydrogen-bond donors (Lipinski definition) is 3. The summed E-state index contributed by atoms with van der Waals surface area (Å²) in [5.74, 6) is -1.57.